The number of hydrogen-bond acceptors (Lipinski definition) is 2. The topological polar surface area (TPSA) is 26.3 Å². The molecule has 2 heteroatoms. The quantitative estimate of drug-likeness (QED) is 0.259. The summed E-state index contributed by atoms with van der Waals surface area (Å²) in [7, 11) is 0. The molecule has 2 nitrogen and oxygen atoms in total. The summed E-state index contributed by atoms with van der Waals surface area (Å²) < 4.78 is 5.91. The molecule has 0 aromatic rings. The molecule has 24 heavy (non-hydrogen) atoms. The SMILES string of the molecule is C=C/C(C)=C\C=C\[C@@](C)(CC/C=C(\C)CC(=O)C=C(C)C)OCC. The Labute approximate surface area is 148 Å². The molecule has 0 saturated carbocycles. The normalized spacial score (nSPS) is 15.2. The molecule has 0 aliphatic carbocycles. The van der Waals surface area contributed by atoms with Gasteiger partial charge in [0, 0.05) is 13.0 Å². The fraction of sp³-hybridized carbons (Fsp3) is 0.500. The minimum absolute atomic E-state index is 0.168. The van der Waals surface area contributed by atoms with Gasteiger partial charge in [-0.25, -0.2) is 0 Å². The Morgan fingerprint density at radius 3 is 2.42 bits per heavy atom. The van der Waals surface area contributed by atoms with E-state index in [1.54, 1.807) is 6.08 Å². The zero-order valence-electron chi connectivity index (χ0n) is 16.3. The average Bonchev–Trinajstić information content (AvgIpc) is 2.46. The second-order valence-corrected chi connectivity index (χ2v) is 6.67. The van der Waals surface area contributed by atoms with Gasteiger partial charge in [-0.2, -0.15) is 0 Å². The molecule has 1 atom stereocenters. The van der Waals surface area contributed by atoms with Gasteiger partial charge in [-0.05, 0) is 60.5 Å². The van der Waals surface area contributed by atoms with Crippen molar-refractivity contribution in [2.24, 2.45) is 0 Å². The Kier molecular flexibility index (Phi) is 11.0. The van der Waals surface area contributed by atoms with E-state index >= 15 is 0 Å². The van der Waals surface area contributed by atoms with E-state index in [0.717, 1.165) is 29.6 Å². The second-order valence-electron chi connectivity index (χ2n) is 6.67. The van der Waals surface area contributed by atoms with E-state index in [2.05, 4.69) is 25.7 Å². The van der Waals surface area contributed by atoms with Crippen LogP contribution in [0.4, 0.5) is 0 Å². The Balaban J connectivity index is 4.73. The molecule has 0 aromatic heterocycles. The highest BCUT2D eigenvalue weighted by molar-refractivity contribution is 5.91. The Bertz CT molecular complexity index is 528. The van der Waals surface area contributed by atoms with Gasteiger partial charge in [0.25, 0.3) is 0 Å². The van der Waals surface area contributed by atoms with E-state index in [1.165, 1.54) is 0 Å². The summed E-state index contributed by atoms with van der Waals surface area (Å²) in [6.45, 7) is 16.5. The second kappa shape index (κ2) is 11.8. The van der Waals surface area contributed by atoms with E-state index < -0.39 is 0 Å². The summed E-state index contributed by atoms with van der Waals surface area (Å²) in [5.41, 5.74) is 2.99. The molecule has 0 N–H and O–H groups in total. The average molecular weight is 331 g/mol. The van der Waals surface area contributed by atoms with Crippen molar-refractivity contribution in [1.29, 1.82) is 0 Å². The molecule has 0 aliphatic rings. The standard InChI is InChI=1S/C22H34O2/c1-8-19(5)12-10-14-22(7,24-9-2)15-11-13-20(6)17-21(23)16-18(3)4/h8,10,12-14,16H,1,9,11,15,17H2,2-7H3/b14-10+,19-12-,20-13+/t22-/m0/s1. The first-order valence-electron chi connectivity index (χ1n) is 8.68. The summed E-state index contributed by atoms with van der Waals surface area (Å²) in [6.07, 6.45) is 14.1. The number of rotatable bonds is 11. The molecular formula is C22H34O2. The van der Waals surface area contributed by atoms with Gasteiger partial charge in [-0.3, -0.25) is 4.79 Å². The zero-order valence-corrected chi connectivity index (χ0v) is 16.3. The number of ether oxygens (including phenoxy) is 1. The third kappa shape index (κ3) is 11.0. The van der Waals surface area contributed by atoms with E-state index in [4.69, 9.17) is 4.74 Å². The van der Waals surface area contributed by atoms with Crippen LogP contribution in [-0.2, 0) is 9.53 Å². The largest absolute Gasteiger partial charge is 0.371 e. The summed E-state index contributed by atoms with van der Waals surface area (Å²) in [6, 6.07) is 0. The van der Waals surface area contributed by atoms with Gasteiger partial charge in [-0.1, -0.05) is 53.7 Å². The van der Waals surface area contributed by atoms with Crippen LogP contribution in [0.5, 0.6) is 0 Å². The number of ketones is 1. The highest BCUT2D eigenvalue weighted by atomic mass is 16.5. The van der Waals surface area contributed by atoms with Crippen LogP contribution >= 0.6 is 0 Å². The third-order valence-corrected chi connectivity index (χ3v) is 3.64. The van der Waals surface area contributed by atoms with Gasteiger partial charge in [0.1, 0.15) is 0 Å². The van der Waals surface area contributed by atoms with Crippen LogP contribution in [0.15, 0.2) is 59.8 Å². The van der Waals surface area contributed by atoms with Gasteiger partial charge in [0.05, 0.1) is 5.60 Å². The molecule has 0 aliphatic heterocycles. The third-order valence-electron chi connectivity index (χ3n) is 3.64. The van der Waals surface area contributed by atoms with Crippen LogP contribution in [0.2, 0.25) is 0 Å². The predicted molar refractivity (Wildman–Crippen MR) is 105 cm³/mol. The van der Waals surface area contributed by atoms with Crippen LogP contribution in [0.1, 0.15) is 60.8 Å². The summed E-state index contributed by atoms with van der Waals surface area (Å²) in [5, 5.41) is 0. The molecule has 0 fully saturated rings. The molecule has 0 radical (unpaired) electrons. The monoisotopic (exact) mass is 330 g/mol. The fourth-order valence-corrected chi connectivity index (χ4v) is 2.33. The molecule has 0 heterocycles. The number of carbonyl (C=O) groups is 1. The van der Waals surface area contributed by atoms with Gasteiger partial charge in [0.15, 0.2) is 5.78 Å². The summed E-state index contributed by atoms with van der Waals surface area (Å²) >= 11 is 0. The first-order valence-corrected chi connectivity index (χ1v) is 8.68. The van der Waals surface area contributed by atoms with Crippen molar-refractivity contribution >= 4 is 5.78 Å². The number of hydrogen-bond donors (Lipinski definition) is 0. The van der Waals surface area contributed by atoms with Crippen LogP contribution < -0.4 is 0 Å². The zero-order chi connectivity index (χ0) is 18.6. The molecule has 0 bridgehead atoms. The fourth-order valence-electron chi connectivity index (χ4n) is 2.33. The minimum Gasteiger partial charge on any atom is -0.371 e. The van der Waals surface area contributed by atoms with Crippen molar-refractivity contribution in [3.05, 3.63) is 59.8 Å². The lowest BCUT2D eigenvalue weighted by Crippen LogP contribution is -2.25. The highest BCUT2D eigenvalue weighted by Crippen LogP contribution is 2.21. The van der Waals surface area contributed by atoms with Crippen LogP contribution in [0.3, 0.4) is 0 Å². The molecule has 0 saturated heterocycles. The lowest BCUT2D eigenvalue weighted by Gasteiger charge is -2.25. The predicted octanol–water partition coefficient (Wildman–Crippen LogP) is 6.12. The number of carbonyl (C=O) groups excluding carboxylic acids is 1. The maximum atomic E-state index is 11.8. The van der Waals surface area contributed by atoms with Crippen molar-refractivity contribution in [3.63, 3.8) is 0 Å². The number of allylic oxidation sites excluding steroid dienone is 8. The van der Waals surface area contributed by atoms with Crippen molar-refractivity contribution in [2.45, 2.75) is 66.4 Å². The van der Waals surface area contributed by atoms with Gasteiger partial charge in [-0.15, -0.1) is 0 Å². The molecule has 134 valence electrons. The van der Waals surface area contributed by atoms with Crippen LogP contribution in [0.25, 0.3) is 0 Å². The van der Waals surface area contributed by atoms with Gasteiger partial charge >= 0.3 is 0 Å². The molecule has 0 amide bonds. The van der Waals surface area contributed by atoms with E-state index in [9.17, 15) is 4.79 Å². The van der Waals surface area contributed by atoms with E-state index in [0.29, 0.717) is 13.0 Å². The first kappa shape index (κ1) is 22.3. The lowest BCUT2D eigenvalue weighted by atomic mass is 9.97. The first-order chi connectivity index (χ1) is 11.2. The Morgan fingerprint density at radius 1 is 1.21 bits per heavy atom. The van der Waals surface area contributed by atoms with Crippen LogP contribution in [-0.4, -0.2) is 18.0 Å². The van der Waals surface area contributed by atoms with Gasteiger partial charge in [0.2, 0.25) is 0 Å². The van der Waals surface area contributed by atoms with E-state index in [-0.39, 0.29) is 11.4 Å². The smallest absolute Gasteiger partial charge is 0.159 e. The molecular weight excluding hydrogens is 296 g/mol. The summed E-state index contributed by atoms with van der Waals surface area (Å²) in [5.74, 6) is 0.168. The minimum atomic E-state index is -0.298. The van der Waals surface area contributed by atoms with E-state index in [1.807, 2.05) is 52.8 Å². The van der Waals surface area contributed by atoms with Crippen molar-refractivity contribution < 1.29 is 9.53 Å². The molecule has 0 unspecified atom stereocenters. The Morgan fingerprint density at radius 2 is 1.88 bits per heavy atom. The summed E-state index contributed by atoms with van der Waals surface area (Å²) in [4.78, 5) is 11.8. The highest BCUT2D eigenvalue weighted by Gasteiger charge is 2.19. The van der Waals surface area contributed by atoms with Gasteiger partial charge < -0.3 is 4.74 Å². The van der Waals surface area contributed by atoms with Crippen molar-refractivity contribution in [1.82, 2.24) is 0 Å². The molecule has 0 rings (SSSR count). The lowest BCUT2D eigenvalue weighted by molar-refractivity contribution is -0.114. The molecule has 0 spiro atoms. The van der Waals surface area contributed by atoms with Crippen molar-refractivity contribution in [2.75, 3.05) is 6.61 Å². The Hall–Kier alpha value is -1.67. The van der Waals surface area contributed by atoms with Crippen LogP contribution in [0, 0.1) is 0 Å². The molecule has 0 aromatic carbocycles. The maximum absolute atomic E-state index is 11.8. The van der Waals surface area contributed by atoms with Crippen molar-refractivity contribution in [3.8, 4) is 0 Å². The maximum Gasteiger partial charge on any atom is 0.159 e.